The molecule has 1 aromatic heterocycles. The van der Waals surface area contributed by atoms with E-state index in [1.54, 1.807) is 13.0 Å². The van der Waals surface area contributed by atoms with Crippen molar-refractivity contribution in [2.45, 2.75) is 6.92 Å². The number of aryl methyl sites for hydroxylation is 1. The van der Waals surface area contributed by atoms with Crippen LogP contribution in [0.3, 0.4) is 0 Å². The molecule has 2 N–H and O–H groups in total. The van der Waals surface area contributed by atoms with Gasteiger partial charge in [-0.05, 0) is 18.2 Å². The Labute approximate surface area is 115 Å². The second-order valence-electron chi connectivity index (χ2n) is 3.59. The van der Waals surface area contributed by atoms with E-state index in [1.807, 2.05) is 0 Å². The van der Waals surface area contributed by atoms with Gasteiger partial charge in [0.2, 0.25) is 5.89 Å². The van der Waals surface area contributed by atoms with Crippen molar-refractivity contribution in [1.82, 2.24) is 10.1 Å². The number of rotatable bonds is 3. The topological polar surface area (TPSA) is 105 Å². The maximum absolute atomic E-state index is 11.8. The molecule has 1 aromatic carbocycles. The fraction of sp³-hybridized carbons (Fsp3) is 0.0909. The van der Waals surface area contributed by atoms with E-state index >= 15 is 0 Å². The number of halogens is 1. The molecule has 19 heavy (non-hydrogen) atoms. The molecule has 7 nitrogen and oxygen atoms in total. The van der Waals surface area contributed by atoms with Crippen LogP contribution < -0.4 is 5.32 Å². The molecule has 98 valence electrons. The molecule has 0 spiro atoms. The van der Waals surface area contributed by atoms with E-state index in [0.29, 0.717) is 4.47 Å². The molecule has 8 heteroatoms. The molecule has 0 unspecified atom stereocenters. The zero-order chi connectivity index (χ0) is 14.0. The van der Waals surface area contributed by atoms with Gasteiger partial charge in [0.15, 0.2) is 0 Å². The van der Waals surface area contributed by atoms with E-state index in [1.165, 1.54) is 12.1 Å². The number of carboxylic acids is 1. The molecule has 0 fully saturated rings. The third-order valence-corrected chi connectivity index (χ3v) is 2.68. The van der Waals surface area contributed by atoms with Crippen LogP contribution >= 0.6 is 15.9 Å². The summed E-state index contributed by atoms with van der Waals surface area (Å²) in [5.74, 6) is -1.70. The third-order valence-electron chi connectivity index (χ3n) is 2.19. The first-order chi connectivity index (χ1) is 8.97. The molecule has 1 heterocycles. The minimum Gasteiger partial charge on any atom is -0.478 e. The molecule has 2 rings (SSSR count). The van der Waals surface area contributed by atoms with Gasteiger partial charge in [0.1, 0.15) is 0 Å². The molecule has 2 aromatic rings. The van der Waals surface area contributed by atoms with Crippen molar-refractivity contribution >= 4 is 33.5 Å². The van der Waals surface area contributed by atoms with Crippen LogP contribution in [0.15, 0.2) is 27.2 Å². The van der Waals surface area contributed by atoms with Crippen LogP contribution in [0.2, 0.25) is 0 Å². The fourth-order valence-corrected chi connectivity index (χ4v) is 1.73. The predicted octanol–water partition coefficient (Wildman–Crippen LogP) is 2.09. The van der Waals surface area contributed by atoms with E-state index in [0.717, 1.165) is 0 Å². The van der Waals surface area contributed by atoms with Crippen LogP contribution in [0, 0.1) is 6.92 Å². The predicted molar refractivity (Wildman–Crippen MR) is 68.1 cm³/mol. The summed E-state index contributed by atoms with van der Waals surface area (Å²) in [6.07, 6.45) is 0. The quantitative estimate of drug-likeness (QED) is 0.895. The van der Waals surface area contributed by atoms with Crippen molar-refractivity contribution in [3.63, 3.8) is 0 Å². The monoisotopic (exact) mass is 325 g/mol. The summed E-state index contributed by atoms with van der Waals surface area (Å²) in [6.45, 7) is 1.55. The summed E-state index contributed by atoms with van der Waals surface area (Å²) in [4.78, 5) is 26.6. The molecule has 0 saturated heterocycles. The zero-order valence-corrected chi connectivity index (χ0v) is 11.3. The Hall–Kier alpha value is -2.22. The van der Waals surface area contributed by atoms with Crippen molar-refractivity contribution in [1.29, 1.82) is 0 Å². The van der Waals surface area contributed by atoms with Gasteiger partial charge in [0, 0.05) is 11.4 Å². The summed E-state index contributed by atoms with van der Waals surface area (Å²) in [5, 5.41) is 14.9. The summed E-state index contributed by atoms with van der Waals surface area (Å²) in [7, 11) is 0. The molecule has 0 radical (unpaired) electrons. The van der Waals surface area contributed by atoms with Gasteiger partial charge in [-0.25, -0.2) is 4.79 Å². The maximum Gasteiger partial charge on any atom is 0.337 e. The highest BCUT2D eigenvalue weighted by atomic mass is 79.9. The number of benzene rings is 1. The lowest BCUT2D eigenvalue weighted by atomic mass is 10.2. The minimum atomic E-state index is -1.15. The average Bonchev–Trinajstić information content (AvgIpc) is 2.78. The number of hydrogen-bond donors (Lipinski definition) is 2. The Morgan fingerprint density at radius 3 is 2.74 bits per heavy atom. The minimum absolute atomic E-state index is 0.0389. The van der Waals surface area contributed by atoms with E-state index < -0.39 is 11.9 Å². The summed E-state index contributed by atoms with van der Waals surface area (Å²) in [5.41, 5.74) is 0.117. The molecule has 0 atom stereocenters. The van der Waals surface area contributed by atoms with Gasteiger partial charge in [-0.2, -0.15) is 4.98 Å². The van der Waals surface area contributed by atoms with Gasteiger partial charge >= 0.3 is 5.97 Å². The van der Waals surface area contributed by atoms with Gasteiger partial charge in [0.25, 0.3) is 11.7 Å². The Balaban J connectivity index is 2.28. The standard InChI is InChI=1S/C11H8BrN3O4/c1-5-13-9(15-19-5)10(16)14-8-3-2-6(12)4-7(8)11(17)18/h2-4H,1H3,(H,14,16)(H,17,18). The number of hydrogen-bond acceptors (Lipinski definition) is 5. The van der Waals surface area contributed by atoms with Crippen molar-refractivity contribution in [3.05, 3.63) is 40.0 Å². The normalized spacial score (nSPS) is 10.2. The summed E-state index contributed by atoms with van der Waals surface area (Å²) >= 11 is 3.16. The van der Waals surface area contributed by atoms with Gasteiger partial charge in [-0.3, -0.25) is 4.79 Å². The highest BCUT2D eigenvalue weighted by Gasteiger charge is 2.17. The van der Waals surface area contributed by atoms with Crippen LogP contribution in [-0.4, -0.2) is 27.1 Å². The molecule has 0 aliphatic heterocycles. The van der Waals surface area contributed by atoms with Gasteiger partial charge in [-0.1, -0.05) is 21.1 Å². The van der Waals surface area contributed by atoms with Crippen molar-refractivity contribution in [3.8, 4) is 0 Å². The lowest BCUT2D eigenvalue weighted by Crippen LogP contribution is -2.16. The zero-order valence-electron chi connectivity index (χ0n) is 9.68. The highest BCUT2D eigenvalue weighted by Crippen LogP contribution is 2.21. The van der Waals surface area contributed by atoms with Gasteiger partial charge in [-0.15, -0.1) is 0 Å². The van der Waals surface area contributed by atoms with E-state index in [-0.39, 0.29) is 23.0 Å². The Morgan fingerprint density at radius 1 is 1.42 bits per heavy atom. The molecule has 0 saturated carbocycles. The number of carbonyl (C=O) groups excluding carboxylic acids is 1. The second kappa shape index (κ2) is 5.19. The first-order valence-corrected chi connectivity index (χ1v) is 5.91. The molecule has 0 aliphatic rings. The SMILES string of the molecule is Cc1nc(C(=O)Nc2ccc(Br)cc2C(=O)O)no1. The van der Waals surface area contributed by atoms with Crippen LogP contribution in [0.5, 0.6) is 0 Å². The first-order valence-electron chi connectivity index (χ1n) is 5.12. The summed E-state index contributed by atoms with van der Waals surface area (Å²) in [6, 6.07) is 4.47. The Bertz CT molecular complexity index is 653. The van der Waals surface area contributed by atoms with E-state index in [2.05, 4.69) is 35.9 Å². The first kappa shape index (κ1) is 13.2. The third kappa shape index (κ3) is 2.97. The number of nitrogens with zero attached hydrogens (tertiary/aromatic N) is 2. The number of aromatic carboxylic acids is 1. The smallest absolute Gasteiger partial charge is 0.337 e. The summed E-state index contributed by atoms with van der Waals surface area (Å²) < 4.78 is 5.27. The largest absolute Gasteiger partial charge is 0.478 e. The van der Waals surface area contributed by atoms with Gasteiger partial charge in [0.05, 0.1) is 11.3 Å². The van der Waals surface area contributed by atoms with Crippen LogP contribution in [0.25, 0.3) is 0 Å². The second-order valence-corrected chi connectivity index (χ2v) is 4.50. The number of carboxylic acid groups (broad SMARTS) is 1. The lowest BCUT2D eigenvalue weighted by molar-refractivity contribution is 0.0698. The molecule has 0 bridgehead atoms. The van der Waals surface area contributed by atoms with E-state index in [4.69, 9.17) is 5.11 Å². The average molecular weight is 326 g/mol. The molecule has 0 aliphatic carbocycles. The van der Waals surface area contributed by atoms with Crippen molar-refractivity contribution in [2.75, 3.05) is 5.32 Å². The molecular formula is C11H8BrN3O4. The van der Waals surface area contributed by atoms with E-state index in [9.17, 15) is 9.59 Å². The van der Waals surface area contributed by atoms with Crippen LogP contribution in [0.1, 0.15) is 26.9 Å². The maximum atomic E-state index is 11.8. The van der Waals surface area contributed by atoms with Crippen LogP contribution in [0.4, 0.5) is 5.69 Å². The molecular weight excluding hydrogens is 318 g/mol. The fourth-order valence-electron chi connectivity index (χ4n) is 1.37. The van der Waals surface area contributed by atoms with Crippen LogP contribution in [-0.2, 0) is 0 Å². The van der Waals surface area contributed by atoms with Crippen molar-refractivity contribution in [2.24, 2.45) is 0 Å². The highest BCUT2D eigenvalue weighted by molar-refractivity contribution is 9.10. The number of aromatic nitrogens is 2. The number of anilines is 1. The number of carbonyl (C=O) groups is 2. The Morgan fingerprint density at radius 2 is 2.16 bits per heavy atom. The number of nitrogens with one attached hydrogen (secondary N) is 1. The Kier molecular flexibility index (Phi) is 3.61. The van der Waals surface area contributed by atoms with Gasteiger partial charge < -0.3 is 14.9 Å². The van der Waals surface area contributed by atoms with Crippen molar-refractivity contribution < 1.29 is 19.2 Å². The lowest BCUT2D eigenvalue weighted by Gasteiger charge is -2.06. The number of amides is 1. The molecule has 1 amide bonds.